The Morgan fingerprint density at radius 1 is 1.16 bits per heavy atom. The van der Waals surface area contributed by atoms with Gasteiger partial charge in [0, 0.05) is 17.8 Å². The van der Waals surface area contributed by atoms with Gasteiger partial charge in [0.15, 0.2) is 10.8 Å². The summed E-state index contributed by atoms with van der Waals surface area (Å²) in [6.07, 6.45) is 10.1. The zero-order valence-corrected chi connectivity index (χ0v) is 15.1. The van der Waals surface area contributed by atoms with Gasteiger partial charge in [-0.1, -0.05) is 12.8 Å². The highest BCUT2D eigenvalue weighted by atomic mass is 32.1. The van der Waals surface area contributed by atoms with Crippen molar-refractivity contribution in [2.24, 2.45) is 0 Å². The number of amides is 1. The summed E-state index contributed by atoms with van der Waals surface area (Å²) in [5.74, 6) is 0.812. The van der Waals surface area contributed by atoms with Crippen molar-refractivity contribution in [1.82, 2.24) is 25.2 Å². The molecular formula is C18H23N5OS. The summed E-state index contributed by atoms with van der Waals surface area (Å²) < 4.78 is 0. The molecule has 1 amide bonds. The van der Waals surface area contributed by atoms with E-state index in [0.717, 1.165) is 49.5 Å². The molecule has 0 unspecified atom stereocenters. The van der Waals surface area contributed by atoms with Crippen LogP contribution in [0.25, 0.3) is 10.8 Å². The van der Waals surface area contributed by atoms with Crippen LogP contribution in [0, 0.1) is 0 Å². The predicted molar refractivity (Wildman–Crippen MR) is 97.0 cm³/mol. The van der Waals surface area contributed by atoms with Crippen LogP contribution in [-0.2, 0) is 11.3 Å². The van der Waals surface area contributed by atoms with Gasteiger partial charge >= 0.3 is 0 Å². The number of nitrogens with zero attached hydrogens (tertiary/aromatic N) is 4. The molecule has 2 aliphatic rings. The van der Waals surface area contributed by atoms with E-state index in [-0.39, 0.29) is 11.4 Å². The third-order valence-electron chi connectivity index (χ3n) is 5.30. The first-order valence-electron chi connectivity index (χ1n) is 9.03. The molecule has 6 nitrogen and oxygen atoms in total. The molecule has 2 aromatic heterocycles. The van der Waals surface area contributed by atoms with E-state index in [9.17, 15) is 4.79 Å². The number of rotatable bonds is 5. The molecule has 1 saturated carbocycles. The molecule has 1 aliphatic carbocycles. The van der Waals surface area contributed by atoms with Crippen LogP contribution in [0.4, 0.5) is 0 Å². The molecule has 0 spiro atoms. The first-order valence-corrected chi connectivity index (χ1v) is 9.91. The molecule has 0 aromatic carbocycles. The fraction of sp³-hybridized carbons (Fsp3) is 0.556. The molecule has 4 rings (SSSR count). The Bertz CT molecular complexity index is 720. The fourth-order valence-electron chi connectivity index (χ4n) is 4.03. The summed E-state index contributed by atoms with van der Waals surface area (Å²) in [6, 6.07) is 1.79. The van der Waals surface area contributed by atoms with Crippen LogP contribution in [0.2, 0.25) is 0 Å². The second-order valence-corrected chi connectivity index (χ2v) is 7.69. The van der Waals surface area contributed by atoms with E-state index in [0.29, 0.717) is 12.4 Å². The minimum absolute atomic E-state index is 0.178. The summed E-state index contributed by atoms with van der Waals surface area (Å²) in [5.41, 5.74) is 0.591. The van der Waals surface area contributed by atoms with Gasteiger partial charge in [-0.25, -0.2) is 15.0 Å². The molecule has 25 heavy (non-hydrogen) atoms. The third kappa shape index (κ3) is 3.30. The molecule has 0 atom stereocenters. The van der Waals surface area contributed by atoms with Crippen molar-refractivity contribution in [3.8, 4) is 10.8 Å². The van der Waals surface area contributed by atoms with Crippen molar-refractivity contribution in [2.75, 3.05) is 13.1 Å². The fourth-order valence-corrected chi connectivity index (χ4v) is 4.79. The van der Waals surface area contributed by atoms with Crippen LogP contribution in [0.15, 0.2) is 23.8 Å². The Morgan fingerprint density at radius 2 is 1.88 bits per heavy atom. The smallest absolute Gasteiger partial charge is 0.240 e. The minimum atomic E-state index is -0.280. The van der Waals surface area contributed by atoms with E-state index in [4.69, 9.17) is 0 Å². The zero-order valence-electron chi connectivity index (χ0n) is 14.3. The van der Waals surface area contributed by atoms with Gasteiger partial charge in [-0.15, -0.1) is 11.3 Å². The Kier molecular flexibility index (Phi) is 4.76. The first kappa shape index (κ1) is 16.6. The minimum Gasteiger partial charge on any atom is -0.349 e. The van der Waals surface area contributed by atoms with Crippen LogP contribution in [0.1, 0.15) is 44.2 Å². The van der Waals surface area contributed by atoms with Crippen molar-refractivity contribution < 1.29 is 4.79 Å². The van der Waals surface area contributed by atoms with Gasteiger partial charge in [-0.2, -0.15) is 0 Å². The monoisotopic (exact) mass is 357 g/mol. The van der Waals surface area contributed by atoms with Gasteiger partial charge in [0.05, 0.1) is 12.2 Å². The third-order valence-corrected chi connectivity index (χ3v) is 6.19. The topological polar surface area (TPSA) is 71.0 Å². The molecule has 1 aliphatic heterocycles. The van der Waals surface area contributed by atoms with Gasteiger partial charge < -0.3 is 5.32 Å². The Labute approximate surface area is 151 Å². The van der Waals surface area contributed by atoms with Crippen LogP contribution in [-0.4, -0.2) is 44.4 Å². The van der Waals surface area contributed by atoms with Gasteiger partial charge in [0.1, 0.15) is 5.54 Å². The summed E-state index contributed by atoms with van der Waals surface area (Å²) in [5, 5.41) is 5.91. The summed E-state index contributed by atoms with van der Waals surface area (Å²) in [4.78, 5) is 28.4. The highest BCUT2D eigenvalue weighted by molar-refractivity contribution is 7.13. The molecule has 7 heteroatoms. The molecule has 1 saturated heterocycles. The zero-order chi connectivity index (χ0) is 17.1. The first-order chi connectivity index (χ1) is 12.3. The van der Waals surface area contributed by atoms with E-state index in [2.05, 4.69) is 25.2 Å². The summed E-state index contributed by atoms with van der Waals surface area (Å²) in [6.45, 7) is 2.58. The Hall–Kier alpha value is -1.86. The largest absolute Gasteiger partial charge is 0.349 e. The van der Waals surface area contributed by atoms with Crippen molar-refractivity contribution in [3.63, 3.8) is 0 Å². The quantitative estimate of drug-likeness (QED) is 0.891. The summed E-state index contributed by atoms with van der Waals surface area (Å²) >= 11 is 1.51. The van der Waals surface area contributed by atoms with Gasteiger partial charge in [0.25, 0.3) is 0 Å². The average Bonchev–Trinajstić information content (AvgIpc) is 3.42. The van der Waals surface area contributed by atoms with Crippen molar-refractivity contribution >= 4 is 17.2 Å². The number of carbonyl (C=O) groups excluding carboxylic acids is 1. The SMILES string of the molecule is O=C(NCc1csc(-c2ncccn2)n1)C1(N2CCCC2)CCCC1. The summed E-state index contributed by atoms with van der Waals surface area (Å²) in [7, 11) is 0. The lowest BCUT2D eigenvalue weighted by atomic mass is 9.94. The van der Waals surface area contributed by atoms with Crippen LogP contribution < -0.4 is 5.32 Å². The standard InChI is InChI=1S/C18H23N5OS/c24-17(18(6-1-2-7-18)23-10-3-4-11-23)21-12-14-13-25-16(22-14)15-19-8-5-9-20-15/h5,8-9,13H,1-4,6-7,10-12H2,(H,21,24). The van der Waals surface area contributed by atoms with Crippen LogP contribution in [0.3, 0.4) is 0 Å². The molecule has 1 N–H and O–H groups in total. The molecule has 0 bridgehead atoms. The van der Waals surface area contributed by atoms with Gasteiger partial charge in [-0.3, -0.25) is 9.69 Å². The maximum absolute atomic E-state index is 13.0. The Balaban J connectivity index is 1.42. The lowest BCUT2D eigenvalue weighted by Crippen LogP contribution is -2.56. The highest BCUT2D eigenvalue weighted by Crippen LogP contribution is 2.37. The van der Waals surface area contributed by atoms with E-state index in [1.807, 2.05) is 5.38 Å². The number of hydrogen-bond donors (Lipinski definition) is 1. The van der Waals surface area contributed by atoms with Crippen molar-refractivity contribution in [1.29, 1.82) is 0 Å². The number of nitrogens with one attached hydrogen (secondary N) is 1. The maximum Gasteiger partial charge on any atom is 0.240 e. The average molecular weight is 357 g/mol. The molecule has 132 valence electrons. The van der Waals surface area contributed by atoms with Gasteiger partial charge in [-0.05, 0) is 44.8 Å². The number of likely N-dealkylation sites (tertiary alicyclic amines) is 1. The normalized spacial score (nSPS) is 20.0. The Morgan fingerprint density at radius 3 is 2.60 bits per heavy atom. The highest BCUT2D eigenvalue weighted by Gasteiger charge is 2.46. The molecule has 2 aromatic rings. The number of thiazole rings is 1. The number of aromatic nitrogens is 3. The molecule has 0 radical (unpaired) electrons. The second-order valence-electron chi connectivity index (χ2n) is 6.83. The molecular weight excluding hydrogens is 334 g/mol. The molecule has 2 fully saturated rings. The van der Waals surface area contributed by atoms with Crippen LogP contribution >= 0.6 is 11.3 Å². The van der Waals surface area contributed by atoms with Crippen molar-refractivity contribution in [2.45, 2.75) is 50.6 Å². The van der Waals surface area contributed by atoms with E-state index in [1.54, 1.807) is 18.5 Å². The van der Waals surface area contributed by atoms with Gasteiger partial charge in [0.2, 0.25) is 5.91 Å². The molecule has 3 heterocycles. The van der Waals surface area contributed by atoms with E-state index < -0.39 is 0 Å². The van der Waals surface area contributed by atoms with E-state index in [1.165, 1.54) is 24.2 Å². The number of carbonyl (C=O) groups is 1. The lowest BCUT2D eigenvalue weighted by molar-refractivity contribution is -0.133. The van der Waals surface area contributed by atoms with Crippen molar-refractivity contribution in [3.05, 3.63) is 29.5 Å². The van der Waals surface area contributed by atoms with E-state index >= 15 is 0 Å². The second kappa shape index (κ2) is 7.17. The van der Waals surface area contributed by atoms with Crippen LogP contribution in [0.5, 0.6) is 0 Å². The maximum atomic E-state index is 13.0. The lowest BCUT2D eigenvalue weighted by Gasteiger charge is -2.37. The number of hydrogen-bond acceptors (Lipinski definition) is 6. The predicted octanol–water partition coefficient (Wildman–Crippen LogP) is 2.62.